The van der Waals surface area contributed by atoms with Crippen molar-refractivity contribution in [3.8, 4) is 11.5 Å². The summed E-state index contributed by atoms with van der Waals surface area (Å²) >= 11 is 10.3. The summed E-state index contributed by atoms with van der Waals surface area (Å²) in [4.78, 5) is 39.1. The van der Waals surface area contributed by atoms with Crippen molar-refractivity contribution >= 4 is 68.1 Å². The molecule has 3 amide bonds. The minimum atomic E-state index is -0.507. The molecule has 1 fully saturated rings. The molecule has 0 aliphatic carbocycles. The van der Waals surface area contributed by atoms with Gasteiger partial charge in [0.15, 0.2) is 18.1 Å². The van der Waals surface area contributed by atoms with Crippen LogP contribution in [0.15, 0.2) is 70.0 Å². The van der Waals surface area contributed by atoms with Crippen LogP contribution in [0.4, 0.5) is 14.9 Å². The minimum absolute atomic E-state index is 0.0766. The van der Waals surface area contributed by atoms with E-state index in [1.54, 1.807) is 37.3 Å². The van der Waals surface area contributed by atoms with Gasteiger partial charge in [0.05, 0.1) is 22.5 Å². The molecule has 0 radical (unpaired) electrons. The molecule has 0 saturated carbocycles. The summed E-state index contributed by atoms with van der Waals surface area (Å²) in [5.41, 5.74) is 1.68. The number of imide groups is 1. The molecular formula is C27H21BrClFN2O5S. The number of para-hydroxylation sites is 1. The van der Waals surface area contributed by atoms with E-state index in [4.69, 9.17) is 21.1 Å². The van der Waals surface area contributed by atoms with Gasteiger partial charge >= 0.3 is 0 Å². The lowest BCUT2D eigenvalue weighted by Gasteiger charge is -2.15. The van der Waals surface area contributed by atoms with Crippen LogP contribution in [0.25, 0.3) is 6.08 Å². The lowest BCUT2D eigenvalue weighted by molar-refractivity contribution is -0.123. The summed E-state index contributed by atoms with van der Waals surface area (Å²) in [5, 5.41) is 2.41. The van der Waals surface area contributed by atoms with Crippen LogP contribution in [0.3, 0.4) is 0 Å². The van der Waals surface area contributed by atoms with Crippen LogP contribution in [0.2, 0.25) is 5.02 Å². The maximum absolute atomic E-state index is 13.4. The van der Waals surface area contributed by atoms with E-state index in [2.05, 4.69) is 21.2 Å². The van der Waals surface area contributed by atoms with Crippen molar-refractivity contribution in [3.63, 3.8) is 0 Å². The van der Waals surface area contributed by atoms with Gasteiger partial charge in [-0.3, -0.25) is 19.3 Å². The fraction of sp³-hybridized carbons (Fsp3) is 0.148. The van der Waals surface area contributed by atoms with Crippen molar-refractivity contribution in [3.05, 3.63) is 92.0 Å². The van der Waals surface area contributed by atoms with E-state index in [-0.39, 0.29) is 29.0 Å². The molecule has 11 heteroatoms. The summed E-state index contributed by atoms with van der Waals surface area (Å²) in [6, 6.07) is 16.1. The zero-order valence-electron chi connectivity index (χ0n) is 20.0. The highest BCUT2D eigenvalue weighted by atomic mass is 79.9. The van der Waals surface area contributed by atoms with Gasteiger partial charge < -0.3 is 14.8 Å². The van der Waals surface area contributed by atoms with Gasteiger partial charge in [0.25, 0.3) is 17.1 Å². The molecule has 0 atom stereocenters. The van der Waals surface area contributed by atoms with E-state index < -0.39 is 17.0 Å². The molecule has 0 aromatic heterocycles. The van der Waals surface area contributed by atoms with Crippen molar-refractivity contribution in [2.75, 3.05) is 18.5 Å². The Hall–Kier alpha value is -3.34. The van der Waals surface area contributed by atoms with E-state index in [1.165, 1.54) is 12.1 Å². The minimum Gasteiger partial charge on any atom is -0.490 e. The first-order chi connectivity index (χ1) is 18.2. The summed E-state index contributed by atoms with van der Waals surface area (Å²) in [5.74, 6) is -0.658. The van der Waals surface area contributed by atoms with Crippen LogP contribution in [0.5, 0.6) is 11.5 Å². The fourth-order valence-electron chi connectivity index (χ4n) is 3.54. The summed E-state index contributed by atoms with van der Waals surface area (Å²) < 4.78 is 25.3. The molecule has 0 spiro atoms. The average molecular weight is 620 g/mol. The number of benzene rings is 3. The third-order valence-electron chi connectivity index (χ3n) is 5.25. The Labute approximate surface area is 236 Å². The van der Waals surface area contributed by atoms with Crippen LogP contribution in [-0.4, -0.2) is 35.2 Å². The van der Waals surface area contributed by atoms with Crippen LogP contribution in [0.1, 0.15) is 18.1 Å². The van der Waals surface area contributed by atoms with Crippen LogP contribution >= 0.6 is 39.3 Å². The Kier molecular flexibility index (Phi) is 9.09. The number of hydrogen-bond donors (Lipinski definition) is 1. The Morgan fingerprint density at radius 1 is 1.13 bits per heavy atom. The first-order valence-electron chi connectivity index (χ1n) is 11.4. The quantitative estimate of drug-likeness (QED) is 0.263. The number of amides is 3. The third-order valence-corrected chi connectivity index (χ3v) is 7.10. The smallest absolute Gasteiger partial charge is 0.293 e. The van der Waals surface area contributed by atoms with Crippen molar-refractivity contribution in [1.29, 1.82) is 0 Å². The molecule has 0 bridgehead atoms. The second-order valence-corrected chi connectivity index (χ2v) is 10.2. The molecule has 1 aliphatic heterocycles. The van der Waals surface area contributed by atoms with E-state index in [9.17, 15) is 18.8 Å². The van der Waals surface area contributed by atoms with Crippen LogP contribution < -0.4 is 14.8 Å². The van der Waals surface area contributed by atoms with Gasteiger partial charge in [-0.05, 0) is 88.2 Å². The van der Waals surface area contributed by atoms with Gasteiger partial charge in [0.2, 0.25) is 0 Å². The van der Waals surface area contributed by atoms with E-state index in [1.807, 2.05) is 18.2 Å². The Bertz CT molecular complexity index is 1420. The largest absolute Gasteiger partial charge is 0.490 e. The predicted octanol–water partition coefficient (Wildman–Crippen LogP) is 6.89. The number of anilines is 1. The Balaban J connectivity index is 1.50. The number of carbonyl (C=O) groups is 3. The topological polar surface area (TPSA) is 84.9 Å². The number of hydrogen-bond acceptors (Lipinski definition) is 6. The zero-order valence-corrected chi connectivity index (χ0v) is 23.2. The van der Waals surface area contributed by atoms with Crippen molar-refractivity contribution in [1.82, 2.24) is 4.90 Å². The molecule has 1 N–H and O–H groups in total. The predicted molar refractivity (Wildman–Crippen MR) is 149 cm³/mol. The normalized spacial score (nSPS) is 14.2. The summed E-state index contributed by atoms with van der Waals surface area (Å²) in [6.45, 7) is 1.81. The highest BCUT2D eigenvalue weighted by molar-refractivity contribution is 9.10. The molecule has 1 heterocycles. The van der Waals surface area contributed by atoms with Gasteiger partial charge in [-0.15, -0.1) is 0 Å². The summed E-state index contributed by atoms with van der Waals surface area (Å²) in [6.07, 6.45) is 1.57. The van der Waals surface area contributed by atoms with Crippen molar-refractivity contribution in [2.45, 2.75) is 13.5 Å². The third kappa shape index (κ3) is 6.75. The molecule has 3 aromatic carbocycles. The monoisotopic (exact) mass is 618 g/mol. The second-order valence-electron chi connectivity index (χ2n) is 7.97. The lowest BCUT2D eigenvalue weighted by atomic mass is 10.1. The number of nitrogens with one attached hydrogen (secondary N) is 1. The number of nitrogens with zero attached hydrogens (tertiary/aromatic N) is 1. The number of thioether (sulfide) groups is 1. The molecular weight excluding hydrogens is 599 g/mol. The highest BCUT2D eigenvalue weighted by Crippen LogP contribution is 2.40. The average Bonchev–Trinajstić information content (AvgIpc) is 3.13. The Morgan fingerprint density at radius 2 is 1.89 bits per heavy atom. The number of ether oxygens (including phenoxy) is 2. The second kappa shape index (κ2) is 12.5. The number of carbonyl (C=O) groups excluding carboxylic acids is 3. The van der Waals surface area contributed by atoms with E-state index in [0.717, 1.165) is 22.7 Å². The molecule has 3 aromatic rings. The molecule has 196 valence electrons. The summed E-state index contributed by atoms with van der Waals surface area (Å²) in [7, 11) is 0. The van der Waals surface area contributed by atoms with E-state index in [0.29, 0.717) is 39.4 Å². The standard InChI is InChI=1S/C27H21BrClFN2O5S/c1-2-36-22-11-16(10-20(28)25(22)37-15-24(33)31-19-6-4-3-5-7-19)12-23-26(34)32(27(35)38-23)14-17-8-9-18(30)13-21(17)29/h3-13H,2,14-15H2,1H3,(H,31,33)/b23-12-. The van der Waals surface area contributed by atoms with E-state index >= 15 is 0 Å². The number of rotatable bonds is 9. The maximum atomic E-state index is 13.4. The zero-order chi connectivity index (χ0) is 27.2. The first-order valence-corrected chi connectivity index (χ1v) is 13.4. The van der Waals surface area contributed by atoms with Gasteiger partial charge in [-0.2, -0.15) is 0 Å². The maximum Gasteiger partial charge on any atom is 0.293 e. The van der Waals surface area contributed by atoms with Crippen molar-refractivity contribution < 1.29 is 28.2 Å². The molecule has 1 aliphatic rings. The van der Waals surface area contributed by atoms with Gasteiger partial charge in [-0.1, -0.05) is 35.9 Å². The number of halogens is 3. The lowest BCUT2D eigenvalue weighted by Crippen LogP contribution is -2.27. The van der Waals surface area contributed by atoms with Gasteiger partial charge in [0, 0.05) is 10.7 Å². The van der Waals surface area contributed by atoms with Gasteiger partial charge in [0.1, 0.15) is 5.82 Å². The molecule has 1 saturated heterocycles. The Morgan fingerprint density at radius 3 is 2.61 bits per heavy atom. The van der Waals surface area contributed by atoms with Crippen molar-refractivity contribution in [2.24, 2.45) is 0 Å². The molecule has 7 nitrogen and oxygen atoms in total. The highest BCUT2D eigenvalue weighted by Gasteiger charge is 2.35. The molecule has 38 heavy (non-hydrogen) atoms. The SMILES string of the molecule is CCOc1cc(/C=C2\SC(=O)N(Cc3ccc(F)cc3Cl)C2=O)cc(Br)c1OCC(=O)Nc1ccccc1. The van der Waals surface area contributed by atoms with Crippen LogP contribution in [-0.2, 0) is 16.1 Å². The molecule has 0 unspecified atom stereocenters. The first kappa shape index (κ1) is 27.7. The van der Waals surface area contributed by atoms with Gasteiger partial charge in [-0.25, -0.2) is 4.39 Å². The molecule has 4 rings (SSSR count). The fourth-order valence-corrected chi connectivity index (χ4v) is 5.18. The van der Waals surface area contributed by atoms with Crippen LogP contribution in [0, 0.1) is 5.82 Å².